The van der Waals surface area contributed by atoms with Crippen LogP contribution in [0.3, 0.4) is 0 Å². The molecule has 1 aliphatic rings. The summed E-state index contributed by atoms with van der Waals surface area (Å²) in [5.41, 5.74) is 0. The van der Waals surface area contributed by atoms with Crippen LogP contribution in [-0.4, -0.2) is 54.9 Å². The first-order chi connectivity index (χ1) is 11.2. The standard InChI is InChI=1S/C15H21N7O/c1-12(14(23)19-15-16-5-2-6-17-15)21-8-3-13(4-9-21)11-22-10-7-18-20-22/h2,5-7,10,12-13H,3-4,8-9,11H2,1H3,(H,16,17,19,23). The van der Waals surface area contributed by atoms with E-state index in [0.717, 1.165) is 32.5 Å². The van der Waals surface area contributed by atoms with Crippen molar-refractivity contribution in [3.05, 3.63) is 30.9 Å². The van der Waals surface area contributed by atoms with Gasteiger partial charge < -0.3 is 0 Å². The molecule has 0 spiro atoms. The molecule has 1 fully saturated rings. The van der Waals surface area contributed by atoms with Crippen molar-refractivity contribution in [2.75, 3.05) is 18.4 Å². The normalized spacial score (nSPS) is 17.8. The van der Waals surface area contributed by atoms with Crippen molar-refractivity contribution in [3.63, 3.8) is 0 Å². The summed E-state index contributed by atoms with van der Waals surface area (Å²) in [7, 11) is 0. The van der Waals surface area contributed by atoms with Gasteiger partial charge in [0.05, 0.1) is 12.2 Å². The van der Waals surface area contributed by atoms with Gasteiger partial charge >= 0.3 is 0 Å². The highest BCUT2D eigenvalue weighted by atomic mass is 16.2. The van der Waals surface area contributed by atoms with Crippen molar-refractivity contribution in [2.24, 2.45) is 5.92 Å². The molecule has 2 aromatic rings. The summed E-state index contributed by atoms with van der Waals surface area (Å²) in [5.74, 6) is 0.872. The minimum absolute atomic E-state index is 0.0640. The Labute approximate surface area is 134 Å². The molecule has 8 nitrogen and oxygen atoms in total. The molecule has 0 radical (unpaired) electrons. The third-order valence-electron chi connectivity index (χ3n) is 4.29. The van der Waals surface area contributed by atoms with E-state index in [1.165, 1.54) is 0 Å². The lowest BCUT2D eigenvalue weighted by Crippen LogP contribution is -2.46. The number of nitrogens with zero attached hydrogens (tertiary/aromatic N) is 6. The molecule has 0 aliphatic carbocycles. The number of carbonyl (C=O) groups is 1. The van der Waals surface area contributed by atoms with Crippen LogP contribution < -0.4 is 5.32 Å². The van der Waals surface area contributed by atoms with Gasteiger partial charge in [-0.1, -0.05) is 5.21 Å². The Bertz CT molecular complexity index is 608. The van der Waals surface area contributed by atoms with Gasteiger partial charge in [0.1, 0.15) is 0 Å². The fraction of sp³-hybridized carbons (Fsp3) is 0.533. The number of piperidine rings is 1. The van der Waals surface area contributed by atoms with Crippen LogP contribution in [0.4, 0.5) is 5.95 Å². The molecular weight excluding hydrogens is 294 g/mol. The first kappa shape index (κ1) is 15.5. The molecule has 1 saturated heterocycles. The van der Waals surface area contributed by atoms with E-state index in [9.17, 15) is 4.79 Å². The third-order valence-corrected chi connectivity index (χ3v) is 4.29. The Morgan fingerprint density at radius 2 is 2.04 bits per heavy atom. The van der Waals surface area contributed by atoms with Crippen molar-refractivity contribution < 1.29 is 4.79 Å². The van der Waals surface area contributed by atoms with E-state index in [1.54, 1.807) is 24.7 Å². The molecule has 0 saturated carbocycles. The second kappa shape index (κ2) is 7.28. The Kier molecular flexibility index (Phi) is 4.92. The van der Waals surface area contributed by atoms with Gasteiger partial charge in [-0.3, -0.25) is 19.7 Å². The summed E-state index contributed by atoms with van der Waals surface area (Å²) in [6, 6.07) is 1.53. The number of anilines is 1. The fourth-order valence-electron chi connectivity index (χ4n) is 2.86. The molecule has 122 valence electrons. The van der Waals surface area contributed by atoms with E-state index >= 15 is 0 Å². The Morgan fingerprint density at radius 1 is 1.30 bits per heavy atom. The van der Waals surface area contributed by atoms with Crippen molar-refractivity contribution in [1.82, 2.24) is 29.9 Å². The molecule has 1 unspecified atom stereocenters. The second-order valence-corrected chi connectivity index (χ2v) is 5.84. The molecule has 8 heteroatoms. The Morgan fingerprint density at radius 3 is 2.70 bits per heavy atom. The molecule has 2 aromatic heterocycles. The molecule has 23 heavy (non-hydrogen) atoms. The first-order valence-electron chi connectivity index (χ1n) is 7.88. The van der Waals surface area contributed by atoms with Gasteiger partial charge in [-0.2, -0.15) is 0 Å². The van der Waals surface area contributed by atoms with Crippen molar-refractivity contribution >= 4 is 11.9 Å². The van der Waals surface area contributed by atoms with Crippen LogP contribution in [0, 0.1) is 5.92 Å². The lowest BCUT2D eigenvalue weighted by atomic mass is 9.96. The molecule has 3 heterocycles. The summed E-state index contributed by atoms with van der Waals surface area (Å²) in [6.45, 7) is 4.63. The largest absolute Gasteiger partial charge is 0.293 e. The zero-order valence-electron chi connectivity index (χ0n) is 13.2. The number of likely N-dealkylation sites (tertiary alicyclic amines) is 1. The van der Waals surface area contributed by atoms with Gasteiger partial charge in [-0.05, 0) is 44.8 Å². The molecule has 0 bridgehead atoms. The summed E-state index contributed by atoms with van der Waals surface area (Å²) >= 11 is 0. The van der Waals surface area contributed by atoms with E-state index < -0.39 is 0 Å². The highest BCUT2D eigenvalue weighted by Gasteiger charge is 2.27. The number of nitrogens with one attached hydrogen (secondary N) is 1. The number of hydrogen-bond acceptors (Lipinski definition) is 6. The van der Waals surface area contributed by atoms with Gasteiger partial charge in [0.25, 0.3) is 0 Å². The molecule has 0 aromatic carbocycles. The summed E-state index contributed by atoms with van der Waals surface area (Å²) < 4.78 is 1.88. The summed E-state index contributed by atoms with van der Waals surface area (Å²) in [5, 5.41) is 10.6. The molecule has 1 aliphatic heterocycles. The third kappa shape index (κ3) is 4.10. The minimum atomic E-state index is -0.189. The Balaban J connectivity index is 1.47. The van der Waals surface area contributed by atoms with E-state index in [2.05, 4.69) is 30.5 Å². The van der Waals surface area contributed by atoms with Crippen molar-refractivity contribution in [3.8, 4) is 0 Å². The van der Waals surface area contributed by atoms with Gasteiger partial charge in [0, 0.05) is 25.1 Å². The predicted octanol–water partition coefficient (Wildman–Crippen LogP) is 0.807. The zero-order valence-corrected chi connectivity index (χ0v) is 13.2. The first-order valence-corrected chi connectivity index (χ1v) is 7.88. The van der Waals surface area contributed by atoms with Crippen molar-refractivity contribution in [1.29, 1.82) is 0 Å². The van der Waals surface area contributed by atoms with E-state index in [1.807, 2.05) is 17.8 Å². The average molecular weight is 315 g/mol. The number of amides is 1. The minimum Gasteiger partial charge on any atom is -0.293 e. The van der Waals surface area contributed by atoms with Gasteiger partial charge in [-0.15, -0.1) is 5.10 Å². The second-order valence-electron chi connectivity index (χ2n) is 5.84. The molecule has 1 N–H and O–H groups in total. The number of rotatable bonds is 5. The lowest BCUT2D eigenvalue weighted by molar-refractivity contribution is -0.121. The predicted molar refractivity (Wildman–Crippen MR) is 84.4 cm³/mol. The maximum absolute atomic E-state index is 12.3. The fourth-order valence-corrected chi connectivity index (χ4v) is 2.86. The average Bonchev–Trinajstić information content (AvgIpc) is 3.09. The lowest BCUT2D eigenvalue weighted by Gasteiger charge is -2.35. The smallest absolute Gasteiger partial charge is 0.243 e. The molecule has 1 atom stereocenters. The van der Waals surface area contributed by atoms with E-state index in [4.69, 9.17) is 0 Å². The van der Waals surface area contributed by atoms with E-state index in [0.29, 0.717) is 11.9 Å². The maximum atomic E-state index is 12.3. The number of aromatic nitrogens is 5. The van der Waals surface area contributed by atoms with Crippen LogP contribution in [0.15, 0.2) is 30.9 Å². The Hall–Kier alpha value is -2.35. The number of carbonyl (C=O) groups excluding carboxylic acids is 1. The van der Waals surface area contributed by atoms with Crippen LogP contribution in [0.1, 0.15) is 19.8 Å². The molecule has 3 rings (SSSR count). The van der Waals surface area contributed by atoms with Crippen LogP contribution in [0.2, 0.25) is 0 Å². The van der Waals surface area contributed by atoms with Crippen molar-refractivity contribution in [2.45, 2.75) is 32.4 Å². The van der Waals surface area contributed by atoms with Gasteiger partial charge in [-0.25, -0.2) is 9.97 Å². The van der Waals surface area contributed by atoms with Gasteiger partial charge in [0.15, 0.2) is 0 Å². The topological polar surface area (TPSA) is 88.8 Å². The number of hydrogen-bond donors (Lipinski definition) is 1. The quantitative estimate of drug-likeness (QED) is 0.878. The SMILES string of the molecule is CC(C(=O)Nc1ncccn1)N1CCC(Cn2ccnn2)CC1. The summed E-state index contributed by atoms with van der Waals surface area (Å²) in [4.78, 5) is 22.5. The monoisotopic (exact) mass is 315 g/mol. The highest BCUT2D eigenvalue weighted by Crippen LogP contribution is 2.20. The maximum Gasteiger partial charge on any atom is 0.243 e. The highest BCUT2D eigenvalue weighted by molar-refractivity contribution is 5.93. The van der Waals surface area contributed by atoms with Crippen LogP contribution in [0.25, 0.3) is 0 Å². The van der Waals surface area contributed by atoms with Crippen LogP contribution in [-0.2, 0) is 11.3 Å². The van der Waals surface area contributed by atoms with Gasteiger partial charge in [0.2, 0.25) is 11.9 Å². The van der Waals surface area contributed by atoms with Crippen LogP contribution in [0.5, 0.6) is 0 Å². The zero-order chi connectivity index (χ0) is 16.1. The molecule has 1 amide bonds. The van der Waals surface area contributed by atoms with Crippen LogP contribution >= 0.6 is 0 Å². The van der Waals surface area contributed by atoms with E-state index in [-0.39, 0.29) is 11.9 Å². The molecular formula is C15H21N7O. The summed E-state index contributed by atoms with van der Waals surface area (Å²) in [6.07, 6.45) is 8.93.